The number of likely N-dealkylation sites (N-methyl/N-ethyl adjacent to an activating group) is 1. The fourth-order valence-corrected chi connectivity index (χ4v) is 3.42. The molecule has 2 rings (SSSR count). The van der Waals surface area contributed by atoms with Crippen LogP contribution in [0.3, 0.4) is 0 Å². The SMILES string of the molecule is CCN(CC(=O)O)C1CCN(C(=O)c2cc(F)cc(C)c2[N+](=O)[O-])CC1. The lowest BCUT2D eigenvalue weighted by molar-refractivity contribution is -0.385. The molecule has 142 valence electrons. The van der Waals surface area contributed by atoms with Crippen LogP contribution in [0.25, 0.3) is 0 Å². The molecule has 0 atom stereocenters. The molecule has 1 heterocycles. The number of hydrogen-bond acceptors (Lipinski definition) is 5. The molecule has 0 unspecified atom stereocenters. The molecule has 1 saturated heterocycles. The number of carboxylic acids is 1. The van der Waals surface area contributed by atoms with E-state index >= 15 is 0 Å². The van der Waals surface area contributed by atoms with Crippen LogP contribution in [0.2, 0.25) is 0 Å². The molecule has 1 aromatic carbocycles. The third kappa shape index (κ3) is 4.34. The van der Waals surface area contributed by atoms with Gasteiger partial charge in [0.1, 0.15) is 11.4 Å². The molecule has 0 saturated carbocycles. The molecule has 1 aromatic rings. The summed E-state index contributed by atoms with van der Waals surface area (Å²) in [5.41, 5.74) is -0.518. The Kier molecular flexibility index (Phi) is 6.25. The summed E-state index contributed by atoms with van der Waals surface area (Å²) in [6, 6.07) is 1.97. The molecule has 1 aliphatic heterocycles. The number of carboxylic acid groups (broad SMARTS) is 1. The van der Waals surface area contributed by atoms with Crippen LogP contribution in [-0.4, -0.2) is 63.9 Å². The minimum absolute atomic E-state index is 0.0318. The molecule has 0 bridgehead atoms. The number of nitrogens with zero attached hydrogens (tertiary/aromatic N) is 3. The number of aliphatic carboxylic acids is 1. The van der Waals surface area contributed by atoms with Crippen LogP contribution >= 0.6 is 0 Å². The van der Waals surface area contributed by atoms with Gasteiger partial charge in [0.15, 0.2) is 0 Å². The van der Waals surface area contributed by atoms with Crippen molar-refractivity contribution in [2.75, 3.05) is 26.2 Å². The average Bonchev–Trinajstić information content (AvgIpc) is 2.58. The van der Waals surface area contributed by atoms with Crippen molar-refractivity contribution < 1.29 is 24.0 Å². The van der Waals surface area contributed by atoms with Crippen molar-refractivity contribution in [1.82, 2.24) is 9.80 Å². The highest BCUT2D eigenvalue weighted by molar-refractivity contribution is 5.98. The van der Waals surface area contributed by atoms with Crippen molar-refractivity contribution in [2.24, 2.45) is 0 Å². The molecular formula is C17H22FN3O5. The molecular weight excluding hydrogens is 345 g/mol. The standard InChI is InChI=1S/C17H22FN3O5/c1-3-19(10-15(22)23)13-4-6-20(7-5-13)17(24)14-9-12(18)8-11(2)16(14)21(25)26/h8-9,13H,3-7,10H2,1-2H3,(H,22,23). The quantitative estimate of drug-likeness (QED) is 0.610. The summed E-state index contributed by atoms with van der Waals surface area (Å²) in [4.78, 5) is 37.5. The van der Waals surface area contributed by atoms with Crippen LogP contribution in [0.15, 0.2) is 12.1 Å². The Morgan fingerprint density at radius 2 is 2.00 bits per heavy atom. The number of likely N-dealkylation sites (tertiary alicyclic amines) is 1. The van der Waals surface area contributed by atoms with Gasteiger partial charge in [0.05, 0.1) is 11.5 Å². The number of rotatable bonds is 6. The van der Waals surface area contributed by atoms with Crippen molar-refractivity contribution in [3.05, 3.63) is 39.2 Å². The molecule has 1 aliphatic rings. The topological polar surface area (TPSA) is 104 Å². The van der Waals surface area contributed by atoms with Crippen LogP contribution in [0.4, 0.5) is 10.1 Å². The minimum Gasteiger partial charge on any atom is -0.480 e. The van der Waals surface area contributed by atoms with E-state index in [1.54, 1.807) is 0 Å². The summed E-state index contributed by atoms with van der Waals surface area (Å²) in [6.07, 6.45) is 1.13. The van der Waals surface area contributed by atoms with E-state index in [2.05, 4.69) is 0 Å². The normalized spacial score (nSPS) is 15.3. The minimum atomic E-state index is -0.906. The first-order valence-electron chi connectivity index (χ1n) is 8.44. The van der Waals surface area contributed by atoms with Crippen LogP contribution in [0.1, 0.15) is 35.7 Å². The summed E-state index contributed by atoms with van der Waals surface area (Å²) in [7, 11) is 0. The van der Waals surface area contributed by atoms with Gasteiger partial charge in [-0.05, 0) is 38.4 Å². The highest BCUT2D eigenvalue weighted by Crippen LogP contribution is 2.27. The Labute approximate surface area is 150 Å². The van der Waals surface area contributed by atoms with Gasteiger partial charge in [-0.1, -0.05) is 6.92 Å². The summed E-state index contributed by atoms with van der Waals surface area (Å²) < 4.78 is 13.7. The maximum Gasteiger partial charge on any atom is 0.317 e. The van der Waals surface area contributed by atoms with E-state index in [1.807, 2.05) is 11.8 Å². The largest absolute Gasteiger partial charge is 0.480 e. The van der Waals surface area contributed by atoms with Crippen LogP contribution in [0, 0.1) is 22.9 Å². The zero-order valence-electron chi connectivity index (χ0n) is 14.8. The van der Waals surface area contributed by atoms with E-state index in [1.165, 1.54) is 11.8 Å². The number of hydrogen-bond donors (Lipinski definition) is 1. The zero-order valence-corrected chi connectivity index (χ0v) is 14.8. The Hall–Kier alpha value is -2.55. The van der Waals surface area contributed by atoms with Crippen molar-refractivity contribution in [2.45, 2.75) is 32.7 Å². The fourth-order valence-electron chi connectivity index (χ4n) is 3.42. The molecule has 1 N–H and O–H groups in total. The molecule has 26 heavy (non-hydrogen) atoms. The van der Waals surface area contributed by atoms with Crippen LogP contribution < -0.4 is 0 Å². The lowest BCUT2D eigenvalue weighted by Crippen LogP contribution is -2.48. The van der Waals surface area contributed by atoms with Gasteiger partial charge in [-0.25, -0.2) is 4.39 Å². The van der Waals surface area contributed by atoms with Crippen molar-refractivity contribution >= 4 is 17.6 Å². The predicted octanol–water partition coefficient (Wildman–Crippen LogP) is 2.05. The highest BCUT2D eigenvalue weighted by atomic mass is 19.1. The number of piperidine rings is 1. The second-order valence-corrected chi connectivity index (χ2v) is 6.36. The van der Waals surface area contributed by atoms with E-state index in [0.717, 1.165) is 12.1 Å². The van der Waals surface area contributed by atoms with Gasteiger partial charge in [0.25, 0.3) is 11.6 Å². The molecule has 8 nitrogen and oxygen atoms in total. The number of nitro groups is 1. The van der Waals surface area contributed by atoms with Crippen molar-refractivity contribution in [3.8, 4) is 0 Å². The van der Waals surface area contributed by atoms with E-state index in [4.69, 9.17) is 5.11 Å². The van der Waals surface area contributed by atoms with Gasteiger partial charge in [-0.3, -0.25) is 24.6 Å². The first-order chi connectivity index (χ1) is 12.2. The highest BCUT2D eigenvalue weighted by Gasteiger charge is 2.31. The van der Waals surface area contributed by atoms with Gasteiger partial charge < -0.3 is 10.0 Å². The first kappa shape index (κ1) is 19.8. The number of carbonyl (C=O) groups is 2. The van der Waals surface area contributed by atoms with E-state index in [0.29, 0.717) is 32.5 Å². The van der Waals surface area contributed by atoms with Gasteiger partial charge in [0, 0.05) is 24.7 Å². The second-order valence-electron chi connectivity index (χ2n) is 6.36. The second kappa shape index (κ2) is 8.22. The fraction of sp³-hybridized carbons (Fsp3) is 0.529. The van der Waals surface area contributed by atoms with E-state index < -0.39 is 22.6 Å². The number of nitro benzene ring substituents is 1. The van der Waals surface area contributed by atoms with Gasteiger partial charge in [-0.15, -0.1) is 0 Å². The smallest absolute Gasteiger partial charge is 0.317 e. The van der Waals surface area contributed by atoms with Gasteiger partial charge in [0.2, 0.25) is 0 Å². The third-order valence-corrected chi connectivity index (χ3v) is 4.69. The van der Waals surface area contributed by atoms with E-state index in [-0.39, 0.29) is 29.4 Å². The molecule has 0 spiro atoms. The van der Waals surface area contributed by atoms with Crippen molar-refractivity contribution in [3.63, 3.8) is 0 Å². The number of halogens is 1. The zero-order chi connectivity index (χ0) is 19.4. The lowest BCUT2D eigenvalue weighted by Gasteiger charge is -2.37. The Morgan fingerprint density at radius 1 is 1.38 bits per heavy atom. The molecule has 9 heteroatoms. The number of benzene rings is 1. The summed E-state index contributed by atoms with van der Waals surface area (Å²) in [5.74, 6) is -2.17. The number of aryl methyl sites for hydroxylation is 1. The molecule has 0 radical (unpaired) electrons. The van der Waals surface area contributed by atoms with Gasteiger partial charge in [-0.2, -0.15) is 0 Å². The molecule has 1 fully saturated rings. The number of amides is 1. The molecule has 0 aliphatic carbocycles. The molecule has 0 aromatic heterocycles. The number of carbonyl (C=O) groups excluding carboxylic acids is 1. The Balaban J connectivity index is 2.14. The van der Waals surface area contributed by atoms with Crippen molar-refractivity contribution in [1.29, 1.82) is 0 Å². The summed E-state index contributed by atoms with van der Waals surface area (Å²) >= 11 is 0. The first-order valence-corrected chi connectivity index (χ1v) is 8.44. The van der Waals surface area contributed by atoms with Crippen LogP contribution in [0.5, 0.6) is 0 Å². The van der Waals surface area contributed by atoms with Gasteiger partial charge >= 0.3 is 5.97 Å². The third-order valence-electron chi connectivity index (χ3n) is 4.69. The maximum atomic E-state index is 13.7. The van der Waals surface area contributed by atoms with Crippen LogP contribution in [-0.2, 0) is 4.79 Å². The summed E-state index contributed by atoms with van der Waals surface area (Å²) in [5, 5.41) is 20.2. The Bertz CT molecular complexity index is 717. The maximum absolute atomic E-state index is 13.7. The average molecular weight is 367 g/mol. The predicted molar refractivity (Wildman–Crippen MR) is 91.6 cm³/mol. The van der Waals surface area contributed by atoms with E-state index in [9.17, 15) is 24.1 Å². The molecule has 1 amide bonds. The Morgan fingerprint density at radius 3 is 2.50 bits per heavy atom. The monoisotopic (exact) mass is 367 g/mol. The summed E-state index contributed by atoms with van der Waals surface area (Å²) in [6.45, 7) is 4.47. The lowest BCUT2D eigenvalue weighted by atomic mass is 10.0.